The molecule has 4 aromatic heterocycles. The molecule has 3 saturated heterocycles. The van der Waals surface area contributed by atoms with Gasteiger partial charge in [0.2, 0.25) is 5.91 Å². The number of carbonyl (C=O) groups is 1. The molecule has 2 atom stereocenters. The Morgan fingerprint density at radius 3 is 2.52 bits per heavy atom. The van der Waals surface area contributed by atoms with Crippen LogP contribution in [0.5, 0.6) is 0 Å². The van der Waals surface area contributed by atoms with Crippen molar-refractivity contribution in [1.29, 1.82) is 0 Å². The maximum absolute atomic E-state index is 13.2. The van der Waals surface area contributed by atoms with Crippen molar-refractivity contribution in [3.05, 3.63) is 36.9 Å². The van der Waals surface area contributed by atoms with Gasteiger partial charge in [-0.2, -0.15) is 14.3 Å². The molecule has 2 bridgehead atoms. The minimum atomic E-state index is -3.47. The fourth-order valence-corrected chi connectivity index (χ4v) is 7.83. The molecular formula is C29H34N10O4S. The molecule has 0 radical (unpaired) electrons. The SMILES string of the molecule is CC(C)n1nc(N2CC(C(=O)N3CC4CCC(C3)O4)C2)c2cnc(Nc3ccnc(-c4cnn(S(=O)(=O)C5CC5)c4)n3)cc21. The van der Waals surface area contributed by atoms with E-state index in [1.54, 1.807) is 12.3 Å². The van der Waals surface area contributed by atoms with E-state index in [1.807, 2.05) is 21.8 Å². The van der Waals surface area contributed by atoms with Gasteiger partial charge in [0.05, 0.1) is 52.2 Å². The summed E-state index contributed by atoms with van der Waals surface area (Å²) in [4.78, 5) is 30.9. The van der Waals surface area contributed by atoms with E-state index in [4.69, 9.17) is 9.84 Å². The van der Waals surface area contributed by atoms with Gasteiger partial charge in [-0.05, 0) is 45.6 Å². The van der Waals surface area contributed by atoms with Crippen molar-refractivity contribution in [2.75, 3.05) is 36.4 Å². The third kappa shape index (κ3) is 4.78. The summed E-state index contributed by atoms with van der Waals surface area (Å²) in [6.07, 6.45) is 10.1. The standard InChI is InChI=1S/C29H34N10O4S/c1-17(2)39-24-9-26(33-25-7-8-30-27(34-25)18-10-32-38(14-18)44(41,42)22-5-6-22)31-11-23(24)28(35-39)36-12-19(13-36)29(40)37-15-20-3-4-21(16-37)43-20/h7-11,14,17,19-22H,3-6,12-13,15-16H2,1-2H3,(H,30,31,33,34). The van der Waals surface area contributed by atoms with Gasteiger partial charge < -0.3 is 19.9 Å². The summed E-state index contributed by atoms with van der Waals surface area (Å²) in [6.45, 7) is 6.85. The fourth-order valence-electron chi connectivity index (χ4n) is 6.35. The maximum Gasteiger partial charge on any atom is 0.256 e. The van der Waals surface area contributed by atoms with Crippen LogP contribution < -0.4 is 10.2 Å². The predicted molar refractivity (Wildman–Crippen MR) is 162 cm³/mol. The van der Waals surface area contributed by atoms with Crippen molar-refractivity contribution < 1.29 is 17.9 Å². The molecule has 8 rings (SSSR count). The molecule has 1 amide bonds. The first-order chi connectivity index (χ1) is 21.2. The fraction of sp³-hybridized carbons (Fsp3) is 0.517. The Balaban J connectivity index is 0.994. The van der Waals surface area contributed by atoms with E-state index in [1.165, 1.54) is 12.4 Å². The third-order valence-electron chi connectivity index (χ3n) is 8.88. The zero-order chi connectivity index (χ0) is 30.2. The zero-order valence-corrected chi connectivity index (χ0v) is 25.4. The first kappa shape index (κ1) is 27.4. The van der Waals surface area contributed by atoms with Gasteiger partial charge in [-0.1, -0.05) is 0 Å². The highest BCUT2D eigenvalue weighted by molar-refractivity contribution is 7.90. The van der Waals surface area contributed by atoms with Gasteiger partial charge in [0, 0.05) is 50.7 Å². The van der Waals surface area contributed by atoms with Crippen molar-refractivity contribution in [2.24, 2.45) is 5.92 Å². The highest BCUT2D eigenvalue weighted by Gasteiger charge is 2.42. The molecule has 0 spiro atoms. The van der Waals surface area contributed by atoms with Crippen LogP contribution in [0, 0.1) is 5.92 Å². The number of morpholine rings is 1. The maximum atomic E-state index is 13.2. The summed E-state index contributed by atoms with van der Waals surface area (Å²) in [5, 5.41) is 12.8. The van der Waals surface area contributed by atoms with Crippen molar-refractivity contribution in [3.63, 3.8) is 0 Å². The van der Waals surface area contributed by atoms with E-state index in [0.29, 0.717) is 62.0 Å². The largest absolute Gasteiger partial charge is 0.371 e. The Morgan fingerprint density at radius 1 is 1.02 bits per heavy atom. The summed E-state index contributed by atoms with van der Waals surface area (Å²) in [6, 6.07) is 3.78. The summed E-state index contributed by atoms with van der Waals surface area (Å²) in [5.74, 6) is 2.47. The molecule has 15 heteroatoms. The summed E-state index contributed by atoms with van der Waals surface area (Å²) < 4.78 is 34.0. The topological polar surface area (TPSA) is 153 Å². The molecule has 1 aliphatic carbocycles. The van der Waals surface area contributed by atoms with Crippen LogP contribution in [0.25, 0.3) is 22.3 Å². The Morgan fingerprint density at radius 2 is 1.80 bits per heavy atom. The lowest BCUT2D eigenvalue weighted by molar-refractivity contribution is -0.145. The first-order valence-corrected chi connectivity index (χ1v) is 16.7. The number of nitrogens with one attached hydrogen (secondary N) is 1. The zero-order valence-electron chi connectivity index (χ0n) is 24.6. The molecule has 0 aromatic carbocycles. The average molecular weight is 619 g/mol. The van der Waals surface area contributed by atoms with Gasteiger partial charge in [-0.15, -0.1) is 0 Å². The van der Waals surface area contributed by atoms with Crippen LogP contribution in [0.3, 0.4) is 0 Å². The third-order valence-corrected chi connectivity index (χ3v) is 10.9. The lowest BCUT2D eigenvalue weighted by atomic mass is 9.97. The number of likely N-dealkylation sites (tertiary alicyclic amines) is 1. The Bertz CT molecular complexity index is 1850. The second kappa shape index (κ2) is 10.2. The Hall–Kier alpha value is -4.11. The van der Waals surface area contributed by atoms with Crippen molar-refractivity contribution in [2.45, 2.75) is 63.0 Å². The van der Waals surface area contributed by atoms with Crippen molar-refractivity contribution in [1.82, 2.24) is 38.8 Å². The van der Waals surface area contributed by atoms with E-state index in [2.05, 4.69) is 44.1 Å². The smallest absolute Gasteiger partial charge is 0.256 e. The number of hydrogen-bond donors (Lipinski definition) is 1. The number of hydrogen-bond acceptors (Lipinski definition) is 11. The number of anilines is 3. The highest BCUT2D eigenvalue weighted by atomic mass is 32.2. The summed E-state index contributed by atoms with van der Waals surface area (Å²) in [7, 11) is -3.47. The second-order valence-corrected chi connectivity index (χ2v) is 14.6. The molecule has 1 saturated carbocycles. The van der Waals surface area contributed by atoms with Crippen LogP contribution in [0.1, 0.15) is 45.6 Å². The minimum absolute atomic E-state index is 0.0338. The summed E-state index contributed by atoms with van der Waals surface area (Å²) >= 11 is 0. The van der Waals surface area contributed by atoms with Gasteiger partial charge in [0.1, 0.15) is 11.6 Å². The molecule has 14 nitrogen and oxygen atoms in total. The molecule has 4 fully saturated rings. The monoisotopic (exact) mass is 618 g/mol. The molecule has 4 aliphatic rings. The minimum Gasteiger partial charge on any atom is -0.371 e. The van der Waals surface area contributed by atoms with Crippen LogP contribution in [-0.4, -0.2) is 96.8 Å². The molecule has 3 aliphatic heterocycles. The van der Waals surface area contributed by atoms with Crippen LogP contribution in [0.15, 0.2) is 36.9 Å². The Labute approximate surface area is 254 Å². The van der Waals surface area contributed by atoms with Gasteiger partial charge >= 0.3 is 0 Å². The number of pyridine rings is 1. The number of aromatic nitrogens is 7. The van der Waals surface area contributed by atoms with E-state index in [0.717, 1.165) is 33.6 Å². The number of fused-ring (bicyclic) bond motifs is 3. The quantitative estimate of drug-likeness (QED) is 0.310. The normalized spacial score (nSPS) is 22.2. The van der Waals surface area contributed by atoms with Crippen molar-refractivity contribution >= 4 is 44.3 Å². The molecule has 4 aromatic rings. The second-order valence-electron chi connectivity index (χ2n) is 12.5. The number of carbonyl (C=O) groups excluding carboxylic acids is 1. The van der Waals surface area contributed by atoms with Crippen LogP contribution in [0.2, 0.25) is 0 Å². The van der Waals surface area contributed by atoms with Gasteiger partial charge in [-0.3, -0.25) is 9.48 Å². The molecule has 7 heterocycles. The number of rotatable bonds is 8. The molecular weight excluding hydrogens is 584 g/mol. The lowest BCUT2D eigenvalue weighted by Crippen LogP contribution is -2.57. The Kier molecular flexibility index (Phi) is 6.38. The van der Waals surface area contributed by atoms with E-state index >= 15 is 0 Å². The number of nitrogens with zero attached hydrogens (tertiary/aromatic N) is 9. The predicted octanol–water partition coefficient (Wildman–Crippen LogP) is 2.58. The molecule has 2 unspecified atom stereocenters. The lowest BCUT2D eigenvalue weighted by Gasteiger charge is -2.42. The van der Waals surface area contributed by atoms with Gasteiger partial charge in [-0.25, -0.2) is 23.4 Å². The molecule has 1 N–H and O–H groups in total. The van der Waals surface area contributed by atoms with E-state index in [-0.39, 0.29) is 35.3 Å². The van der Waals surface area contributed by atoms with Crippen LogP contribution in [-0.2, 0) is 19.6 Å². The first-order valence-electron chi connectivity index (χ1n) is 15.2. The summed E-state index contributed by atoms with van der Waals surface area (Å²) in [5.41, 5.74) is 1.43. The molecule has 44 heavy (non-hydrogen) atoms. The highest BCUT2D eigenvalue weighted by Crippen LogP contribution is 2.35. The number of ether oxygens (including phenoxy) is 1. The van der Waals surface area contributed by atoms with E-state index in [9.17, 15) is 13.2 Å². The number of amides is 1. The van der Waals surface area contributed by atoms with Gasteiger partial charge in [0.15, 0.2) is 11.6 Å². The molecule has 230 valence electrons. The average Bonchev–Trinajstić information content (AvgIpc) is 3.48. The van der Waals surface area contributed by atoms with Crippen molar-refractivity contribution in [3.8, 4) is 11.4 Å². The van der Waals surface area contributed by atoms with Crippen LogP contribution in [0.4, 0.5) is 17.5 Å². The van der Waals surface area contributed by atoms with E-state index < -0.39 is 10.0 Å². The van der Waals surface area contributed by atoms with Crippen LogP contribution >= 0.6 is 0 Å². The van der Waals surface area contributed by atoms with Gasteiger partial charge in [0.25, 0.3) is 10.0 Å².